The molecule has 1 aromatic rings. The van der Waals surface area contributed by atoms with Crippen molar-refractivity contribution in [3.63, 3.8) is 0 Å². The first kappa shape index (κ1) is 16.1. The van der Waals surface area contributed by atoms with Crippen molar-refractivity contribution in [2.45, 2.75) is 39.3 Å². The van der Waals surface area contributed by atoms with E-state index in [-0.39, 0.29) is 18.1 Å². The number of rotatable bonds is 6. The van der Waals surface area contributed by atoms with Gasteiger partial charge in [-0.05, 0) is 26.3 Å². The van der Waals surface area contributed by atoms with E-state index in [2.05, 4.69) is 5.32 Å². The van der Waals surface area contributed by atoms with Crippen LogP contribution in [0.15, 0.2) is 24.3 Å². The first-order valence-corrected chi connectivity index (χ1v) is 6.44. The number of carbonyl (C=O) groups excluding carboxylic acids is 1. The number of nitro groups is 1. The van der Waals surface area contributed by atoms with Crippen LogP contribution in [0.4, 0.5) is 5.69 Å². The number of ether oxygens (including phenoxy) is 1. The van der Waals surface area contributed by atoms with E-state index in [1.54, 1.807) is 12.1 Å². The number of esters is 1. The second kappa shape index (κ2) is 7.00. The van der Waals surface area contributed by atoms with E-state index in [1.165, 1.54) is 12.1 Å². The maximum atomic E-state index is 11.5. The molecule has 0 aliphatic carbocycles. The third-order valence-electron chi connectivity index (χ3n) is 2.38. The number of nitro benzene ring substituents is 1. The molecule has 0 unspecified atom stereocenters. The van der Waals surface area contributed by atoms with Gasteiger partial charge in [-0.1, -0.05) is 12.1 Å². The normalized spacial score (nSPS) is 11.2. The Hall–Kier alpha value is -1.95. The van der Waals surface area contributed by atoms with Gasteiger partial charge in [-0.15, -0.1) is 0 Å². The molecule has 0 aromatic heterocycles. The molecule has 0 atom stereocenters. The molecule has 0 spiro atoms. The number of carbonyl (C=O) groups is 1. The summed E-state index contributed by atoms with van der Waals surface area (Å²) in [5, 5.41) is 13.7. The van der Waals surface area contributed by atoms with Crippen molar-refractivity contribution in [3.8, 4) is 0 Å². The summed E-state index contributed by atoms with van der Waals surface area (Å²) in [7, 11) is 0. The minimum absolute atomic E-state index is 0.0662. The zero-order valence-electron chi connectivity index (χ0n) is 12.0. The lowest BCUT2D eigenvalue weighted by molar-refractivity contribution is -0.384. The average molecular weight is 280 g/mol. The standard InChI is InChI=1S/C14H20N2O4/c1-14(2,3)20-13(17)7-8-15-10-11-5-4-6-12(9-11)16(18)19/h4-6,9,15H,7-8,10H2,1-3H3. The van der Waals surface area contributed by atoms with Crippen molar-refractivity contribution in [1.29, 1.82) is 0 Å². The van der Waals surface area contributed by atoms with Gasteiger partial charge in [-0.25, -0.2) is 0 Å². The van der Waals surface area contributed by atoms with E-state index in [9.17, 15) is 14.9 Å². The summed E-state index contributed by atoms with van der Waals surface area (Å²) in [5.74, 6) is -0.260. The molecule has 0 saturated carbocycles. The van der Waals surface area contributed by atoms with Crippen LogP contribution in [0.3, 0.4) is 0 Å². The number of nitrogens with one attached hydrogen (secondary N) is 1. The van der Waals surface area contributed by atoms with Crippen LogP contribution in [-0.2, 0) is 16.1 Å². The fourth-order valence-electron chi connectivity index (χ4n) is 1.60. The van der Waals surface area contributed by atoms with Crippen molar-refractivity contribution in [2.24, 2.45) is 0 Å². The summed E-state index contributed by atoms with van der Waals surface area (Å²) in [5.41, 5.74) is 0.400. The van der Waals surface area contributed by atoms with Crippen molar-refractivity contribution < 1.29 is 14.5 Å². The van der Waals surface area contributed by atoms with Crippen LogP contribution >= 0.6 is 0 Å². The van der Waals surface area contributed by atoms with Gasteiger partial charge in [0.1, 0.15) is 5.60 Å². The van der Waals surface area contributed by atoms with Gasteiger partial charge in [-0.2, -0.15) is 0 Å². The fourth-order valence-corrected chi connectivity index (χ4v) is 1.60. The quantitative estimate of drug-likeness (QED) is 0.374. The smallest absolute Gasteiger partial charge is 0.307 e. The van der Waals surface area contributed by atoms with E-state index in [4.69, 9.17) is 4.74 Å². The van der Waals surface area contributed by atoms with E-state index < -0.39 is 10.5 Å². The molecule has 0 radical (unpaired) electrons. The Morgan fingerprint density at radius 3 is 2.70 bits per heavy atom. The summed E-state index contributed by atoms with van der Waals surface area (Å²) >= 11 is 0. The number of benzene rings is 1. The molecule has 6 nitrogen and oxygen atoms in total. The van der Waals surface area contributed by atoms with Crippen molar-refractivity contribution in [3.05, 3.63) is 39.9 Å². The van der Waals surface area contributed by atoms with E-state index in [0.29, 0.717) is 13.1 Å². The largest absolute Gasteiger partial charge is 0.460 e. The van der Waals surface area contributed by atoms with E-state index in [1.807, 2.05) is 20.8 Å². The lowest BCUT2D eigenvalue weighted by atomic mass is 10.2. The Bertz CT molecular complexity index is 480. The van der Waals surface area contributed by atoms with Gasteiger partial charge in [-0.3, -0.25) is 14.9 Å². The monoisotopic (exact) mass is 280 g/mol. The number of non-ortho nitro benzene ring substituents is 1. The Morgan fingerprint density at radius 1 is 1.40 bits per heavy atom. The van der Waals surface area contributed by atoms with Crippen LogP contribution in [0.2, 0.25) is 0 Å². The summed E-state index contributed by atoms with van der Waals surface area (Å²) < 4.78 is 5.17. The van der Waals surface area contributed by atoms with Crippen LogP contribution in [0.1, 0.15) is 32.8 Å². The molecule has 0 saturated heterocycles. The molecular formula is C14H20N2O4. The third-order valence-corrected chi connectivity index (χ3v) is 2.38. The molecule has 1 rings (SSSR count). The maximum Gasteiger partial charge on any atom is 0.307 e. The summed E-state index contributed by atoms with van der Waals surface area (Å²) in [6, 6.07) is 6.40. The van der Waals surface area contributed by atoms with E-state index in [0.717, 1.165) is 5.56 Å². The van der Waals surface area contributed by atoms with Crippen LogP contribution < -0.4 is 5.32 Å². The minimum atomic E-state index is -0.475. The molecule has 110 valence electrons. The average Bonchev–Trinajstić information content (AvgIpc) is 2.33. The highest BCUT2D eigenvalue weighted by atomic mass is 16.6. The van der Waals surface area contributed by atoms with Gasteiger partial charge < -0.3 is 10.1 Å². The molecular weight excluding hydrogens is 260 g/mol. The summed E-state index contributed by atoms with van der Waals surface area (Å²) in [4.78, 5) is 21.7. The molecule has 1 N–H and O–H groups in total. The van der Waals surface area contributed by atoms with Gasteiger partial charge in [0, 0.05) is 25.2 Å². The van der Waals surface area contributed by atoms with Crippen LogP contribution in [-0.4, -0.2) is 23.0 Å². The first-order valence-electron chi connectivity index (χ1n) is 6.44. The van der Waals surface area contributed by atoms with Gasteiger partial charge >= 0.3 is 5.97 Å². The second-order valence-electron chi connectivity index (χ2n) is 5.44. The third kappa shape index (κ3) is 6.29. The van der Waals surface area contributed by atoms with Crippen LogP contribution in [0, 0.1) is 10.1 Å². The molecule has 0 aliphatic heterocycles. The van der Waals surface area contributed by atoms with Crippen molar-refractivity contribution >= 4 is 11.7 Å². The number of nitrogens with zero attached hydrogens (tertiary/aromatic N) is 1. The summed E-state index contributed by atoms with van der Waals surface area (Å²) in [6.45, 7) is 6.41. The summed E-state index contributed by atoms with van der Waals surface area (Å²) in [6.07, 6.45) is 0.270. The lowest BCUT2D eigenvalue weighted by Gasteiger charge is -2.19. The van der Waals surface area contributed by atoms with Gasteiger partial charge in [0.15, 0.2) is 0 Å². The highest BCUT2D eigenvalue weighted by Gasteiger charge is 2.15. The highest BCUT2D eigenvalue weighted by Crippen LogP contribution is 2.12. The Labute approximate surface area is 118 Å². The molecule has 0 aliphatic rings. The topological polar surface area (TPSA) is 81.5 Å². The zero-order valence-corrected chi connectivity index (χ0v) is 12.0. The fraction of sp³-hybridized carbons (Fsp3) is 0.500. The molecule has 20 heavy (non-hydrogen) atoms. The Balaban J connectivity index is 2.33. The van der Waals surface area contributed by atoms with Gasteiger partial charge in [0.2, 0.25) is 0 Å². The van der Waals surface area contributed by atoms with E-state index >= 15 is 0 Å². The second-order valence-corrected chi connectivity index (χ2v) is 5.44. The molecule has 1 aromatic carbocycles. The number of hydrogen-bond acceptors (Lipinski definition) is 5. The predicted molar refractivity (Wildman–Crippen MR) is 75.3 cm³/mol. The SMILES string of the molecule is CC(C)(C)OC(=O)CCNCc1cccc([N+](=O)[O-])c1. The van der Waals surface area contributed by atoms with Crippen LogP contribution in [0.5, 0.6) is 0 Å². The first-order chi connectivity index (χ1) is 9.28. The molecule has 0 bridgehead atoms. The minimum Gasteiger partial charge on any atom is -0.460 e. The molecule has 0 amide bonds. The zero-order chi connectivity index (χ0) is 15.2. The highest BCUT2D eigenvalue weighted by molar-refractivity contribution is 5.70. The van der Waals surface area contributed by atoms with Gasteiger partial charge in [0.25, 0.3) is 5.69 Å². The lowest BCUT2D eigenvalue weighted by Crippen LogP contribution is -2.26. The van der Waals surface area contributed by atoms with Gasteiger partial charge in [0.05, 0.1) is 11.3 Å². The number of hydrogen-bond donors (Lipinski definition) is 1. The Morgan fingerprint density at radius 2 is 2.10 bits per heavy atom. The van der Waals surface area contributed by atoms with Crippen molar-refractivity contribution in [1.82, 2.24) is 5.32 Å². The maximum absolute atomic E-state index is 11.5. The Kier molecular flexibility index (Phi) is 5.64. The molecule has 0 fully saturated rings. The molecule has 0 heterocycles. The predicted octanol–water partition coefficient (Wildman–Crippen LogP) is 2.42. The van der Waals surface area contributed by atoms with Crippen LogP contribution in [0.25, 0.3) is 0 Å². The van der Waals surface area contributed by atoms with Crippen molar-refractivity contribution in [2.75, 3.05) is 6.54 Å². The molecule has 6 heteroatoms.